The Hall–Kier alpha value is -1.36. The molecule has 0 aliphatic rings. The molecule has 1 aromatic heterocycles. The van der Waals surface area contributed by atoms with Crippen molar-refractivity contribution in [2.24, 2.45) is 7.05 Å². The molecule has 0 spiro atoms. The number of carboxylic acid groups (broad SMARTS) is 1. The van der Waals surface area contributed by atoms with E-state index in [2.05, 4.69) is 12.0 Å². The highest BCUT2D eigenvalue weighted by Crippen LogP contribution is 2.12. The Kier molecular flexibility index (Phi) is 4.69. The van der Waals surface area contributed by atoms with Crippen LogP contribution in [0.25, 0.3) is 0 Å². The quantitative estimate of drug-likeness (QED) is 0.812. The zero-order chi connectivity index (χ0) is 13.0. The summed E-state index contributed by atoms with van der Waals surface area (Å²) < 4.78 is 1.79. The first kappa shape index (κ1) is 13.7. The van der Waals surface area contributed by atoms with E-state index in [1.165, 1.54) is 0 Å². The predicted octanol–water partition coefficient (Wildman–Crippen LogP) is 1.28. The molecule has 5 heteroatoms. The lowest BCUT2D eigenvalue weighted by Crippen LogP contribution is -2.35. The molecule has 1 rings (SSSR count). The highest BCUT2D eigenvalue weighted by atomic mass is 16.4. The zero-order valence-corrected chi connectivity index (χ0v) is 11.0. The molecule has 5 nitrogen and oxygen atoms in total. The summed E-state index contributed by atoms with van der Waals surface area (Å²) in [6.45, 7) is 6.77. The highest BCUT2D eigenvalue weighted by Gasteiger charge is 2.16. The lowest BCUT2D eigenvalue weighted by molar-refractivity contribution is -0.138. The van der Waals surface area contributed by atoms with E-state index in [4.69, 9.17) is 5.11 Å². The lowest BCUT2D eigenvalue weighted by atomic mass is 10.2. The van der Waals surface area contributed by atoms with E-state index in [9.17, 15) is 4.79 Å². The minimum absolute atomic E-state index is 0.0652. The fourth-order valence-electron chi connectivity index (χ4n) is 1.83. The second-order valence-corrected chi connectivity index (χ2v) is 4.52. The van der Waals surface area contributed by atoms with E-state index in [0.29, 0.717) is 6.54 Å². The maximum Gasteiger partial charge on any atom is 0.317 e. The van der Waals surface area contributed by atoms with Gasteiger partial charge in [0.15, 0.2) is 0 Å². The number of nitrogens with zero attached hydrogens (tertiary/aromatic N) is 3. The Morgan fingerprint density at radius 1 is 1.59 bits per heavy atom. The highest BCUT2D eigenvalue weighted by molar-refractivity contribution is 5.69. The van der Waals surface area contributed by atoms with Gasteiger partial charge < -0.3 is 5.11 Å². The van der Waals surface area contributed by atoms with Crippen molar-refractivity contribution in [3.8, 4) is 0 Å². The maximum absolute atomic E-state index is 10.8. The molecule has 1 aromatic rings. The zero-order valence-electron chi connectivity index (χ0n) is 11.0. The first-order chi connectivity index (χ1) is 7.93. The number of carbonyl (C=O) groups is 1. The van der Waals surface area contributed by atoms with Crippen molar-refractivity contribution in [3.63, 3.8) is 0 Å². The van der Waals surface area contributed by atoms with E-state index in [-0.39, 0.29) is 12.6 Å². The second-order valence-electron chi connectivity index (χ2n) is 4.52. The Morgan fingerprint density at radius 3 is 2.71 bits per heavy atom. The molecule has 0 amide bonds. The molecule has 0 bridgehead atoms. The van der Waals surface area contributed by atoms with Gasteiger partial charge in [-0.3, -0.25) is 14.4 Å². The minimum Gasteiger partial charge on any atom is -0.480 e. The monoisotopic (exact) mass is 239 g/mol. The van der Waals surface area contributed by atoms with E-state index in [1.54, 1.807) is 4.68 Å². The Morgan fingerprint density at radius 2 is 2.24 bits per heavy atom. The molecule has 1 heterocycles. The summed E-state index contributed by atoms with van der Waals surface area (Å²) in [6.07, 6.45) is 2.84. The number of hydrogen-bond acceptors (Lipinski definition) is 3. The summed E-state index contributed by atoms with van der Waals surface area (Å²) >= 11 is 0. The first-order valence-corrected chi connectivity index (χ1v) is 5.91. The fourth-order valence-corrected chi connectivity index (χ4v) is 1.83. The molecule has 1 N–H and O–H groups in total. The van der Waals surface area contributed by atoms with Crippen LogP contribution in [0.2, 0.25) is 0 Å². The SMILES string of the molecule is CCc1nn(C)cc1CN(CC(=O)O)C(C)C. The van der Waals surface area contributed by atoms with Crippen LogP contribution in [0.4, 0.5) is 0 Å². The van der Waals surface area contributed by atoms with Gasteiger partial charge in [0.2, 0.25) is 0 Å². The first-order valence-electron chi connectivity index (χ1n) is 5.91. The molecule has 17 heavy (non-hydrogen) atoms. The van der Waals surface area contributed by atoms with Crippen molar-refractivity contribution in [1.82, 2.24) is 14.7 Å². The van der Waals surface area contributed by atoms with Gasteiger partial charge in [0.1, 0.15) is 0 Å². The van der Waals surface area contributed by atoms with Crippen LogP contribution in [-0.4, -0.2) is 38.3 Å². The average Bonchev–Trinajstić information content (AvgIpc) is 2.57. The topological polar surface area (TPSA) is 58.4 Å². The van der Waals surface area contributed by atoms with Gasteiger partial charge in [-0.15, -0.1) is 0 Å². The van der Waals surface area contributed by atoms with Crippen LogP contribution in [0.5, 0.6) is 0 Å². The summed E-state index contributed by atoms with van der Waals surface area (Å²) in [5, 5.41) is 13.2. The van der Waals surface area contributed by atoms with Crippen molar-refractivity contribution >= 4 is 5.97 Å². The van der Waals surface area contributed by atoms with E-state index in [0.717, 1.165) is 17.7 Å². The van der Waals surface area contributed by atoms with Crippen molar-refractivity contribution in [3.05, 3.63) is 17.5 Å². The molecule has 0 aromatic carbocycles. The summed E-state index contributed by atoms with van der Waals surface area (Å²) in [6, 6.07) is 0.205. The van der Waals surface area contributed by atoms with Gasteiger partial charge in [-0.1, -0.05) is 6.92 Å². The fraction of sp³-hybridized carbons (Fsp3) is 0.667. The van der Waals surface area contributed by atoms with Crippen LogP contribution in [-0.2, 0) is 24.8 Å². The Balaban J connectivity index is 2.81. The Bertz CT molecular complexity index is 385. The normalized spacial score (nSPS) is 11.4. The van der Waals surface area contributed by atoms with Crippen LogP contribution < -0.4 is 0 Å². The van der Waals surface area contributed by atoms with Gasteiger partial charge in [0.05, 0.1) is 12.2 Å². The number of rotatable bonds is 6. The molecule has 0 aliphatic carbocycles. The van der Waals surface area contributed by atoms with Crippen LogP contribution in [0.15, 0.2) is 6.20 Å². The van der Waals surface area contributed by atoms with Crippen molar-refractivity contribution < 1.29 is 9.90 Å². The van der Waals surface area contributed by atoms with Gasteiger partial charge in [-0.25, -0.2) is 0 Å². The summed E-state index contributed by atoms with van der Waals surface area (Å²) in [4.78, 5) is 12.7. The molecule has 0 unspecified atom stereocenters. The minimum atomic E-state index is -0.791. The smallest absolute Gasteiger partial charge is 0.317 e. The number of aryl methyl sites for hydroxylation is 2. The lowest BCUT2D eigenvalue weighted by Gasteiger charge is -2.24. The molecule has 0 saturated heterocycles. The number of carboxylic acids is 1. The van der Waals surface area contributed by atoms with E-state index < -0.39 is 5.97 Å². The molecule has 0 fully saturated rings. The van der Waals surface area contributed by atoms with Crippen LogP contribution in [0.1, 0.15) is 32.0 Å². The summed E-state index contributed by atoms with van der Waals surface area (Å²) in [7, 11) is 1.89. The van der Waals surface area contributed by atoms with Gasteiger partial charge in [-0.2, -0.15) is 5.10 Å². The molecular formula is C12H21N3O2. The van der Waals surface area contributed by atoms with Gasteiger partial charge in [0, 0.05) is 31.4 Å². The second kappa shape index (κ2) is 5.82. The number of aromatic nitrogens is 2. The van der Waals surface area contributed by atoms with Crippen LogP contribution in [0, 0.1) is 0 Å². The number of hydrogen-bond donors (Lipinski definition) is 1. The van der Waals surface area contributed by atoms with Crippen LogP contribution in [0.3, 0.4) is 0 Å². The van der Waals surface area contributed by atoms with Gasteiger partial charge in [0.25, 0.3) is 0 Å². The standard InChI is InChI=1S/C12H21N3O2/c1-5-11-10(6-14(4)13-11)7-15(9(2)3)8-12(16)17/h6,9H,5,7-8H2,1-4H3,(H,16,17). The Labute approximate surface area is 102 Å². The third-order valence-corrected chi connectivity index (χ3v) is 2.77. The number of aliphatic carboxylic acids is 1. The molecular weight excluding hydrogens is 218 g/mol. The average molecular weight is 239 g/mol. The molecule has 0 atom stereocenters. The summed E-state index contributed by atoms with van der Waals surface area (Å²) in [5.41, 5.74) is 2.16. The van der Waals surface area contributed by atoms with Gasteiger partial charge >= 0.3 is 5.97 Å². The third kappa shape index (κ3) is 3.85. The van der Waals surface area contributed by atoms with E-state index >= 15 is 0 Å². The van der Waals surface area contributed by atoms with Crippen molar-refractivity contribution in [2.45, 2.75) is 39.8 Å². The maximum atomic E-state index is 10.8. The third-order valence-electron chi connectivity index (χ3n) is 2.77. The van der Waals surface area contributed by atoms with E-state index in [1.807, 2.05) is 32.0 Å². The molecule has 0 aliphatic heterocycles. The molecule has 96 valence electrons. The van der Waals surface area contributed by atoms with Crippen molar-refractivity contribution in [1.29, 1.82) is 0 Å². The summed E-state index contributed by atoms with van der Waals surface area (Å²) in [5.74, 6) is -0.791. The van der Waals surface area contributed by atoms with Crippen LogP contribution >= 0.6 is 0 Å². The predicted molar refractivity (Wildman–Crippen MR) is 65.8 cm³/mol. The molecule has 0 saturated carbocycles. The molecule has 0 radical (unpaired) electrons. The van der Waals surface area contributed by atoms with Gasteiger partial charge in [-0.05, 0) is 20.3 Å². The largest absolute Gasteiger partial charge is 0.480 e. The van der Waals surface area contributed by atoms with Crippen molar-refractivity contribution in [2.75, 3.05) is 6.54 Å².